The van der Waals surface area contributed by atoms with Crippen molar-refractivity contribution in [1.82, 2.24) is 14.7 Å². The van der Waals surface area contributed by atoms with Crippen LogP contribution in [0.15, 0.2) is 24.4 Å². The minimum atomic E-state index is -0.450. The molecule has 3 heterocycles. The fourth-order valence-corrected chi connectivity index (χ4v) is 4.06. The molecule has 4 rings (SSSR count). The SMILES string of the molecule is CC(C)(C)OC(=O)N1CCC(Nc2ccc3c(cnn3C3CCCCO3)c2)CC1. The van der Waals surface area contributed by atoms with Gasteiger partial charge in [-0.3, -0.25) is 0 Å². The van der Waals surface area contributed by atoms with Gasteiger partial charge in [-0.25, -0.2) is 9.48 Å². The third-order valence-corrected chi connectivity index (χ3v) is 5.54. The number of aromatic nitrogens is 2. The summed E-state index contributed by atoms with van der Waals surface area (Å²) in [6, 6.07) is 6.74. The molecule has 1 N–H and O–H groups in total. The zero-order valence-electron chi connectivity index (χ0n) is 17.7. The molecule has 2 aliphatic heterocycles. The lowest BCUT2D eigenvalue weighted by Gasteiger charge is -2.34. The van der Waals surface area contributed by atoms with Crippen LogP contribution in [0.5, 0.6) is 0 Å². The van der Waals surface area contributed by atoms with Crippen molar-refractivity contribution in [2.24, 2.45) is 0 Å². The summed E-state index contributed by atoms with van der Waals surface area (Å²) in [6.07, 6.45) is 6.92. The molecule has 0 bridgehead atoms. The quantitative estimate of drug-likeness (QED) is 0.819. The van der Waals surface area contributed by atoms with Crippen LogP contribution in [0.4, 0.5) is 10.5 Å². The average Bonchev–Trinajstić information content (AvgIpc) is 3.11. The second-order valence-corrected chi connectivity index (χ2v) is 9.07. The molecule has 0 saturated carbocycles. The molecule has 29 heavy (non-hydrogen) atoms. The number of carbonyl (C=O) groups is 1. The molecule has 158 valence electrons. The summed E-state index contributed by atoms with van der Waals surface area (Å²) in [7, 11) is 0. The first-order chi connectivity index (χ1) is 13.9. The topological polar surface area (TPSA) is 68.6 Å². The van der Waals surface area contributed by atoms with Gasteiger partial charge in [-0.1, -0.05) is 0 Å². The first-order valence-corrected chi connectivity index (χ1v) is 10.7. The molecule has 1 unspecified atom stereocenters. The van der Waals surface area contributed by atoms with Gasteiger partial charge in [0.25, 0.3) is 0 Å². The van der Waals surface area contributed by atoms with Gasteiger partial charge in [0, 0.05) is 36.8 Å². The van der Waals surface area contributed by atoms with E-state index in [9.17, 15) is 4.79 Å². The number of rotatable bonds is 3. The molecule has 1 aromatic carbocycles. The highest BCUT2D eigenvalue weighted by molar-refractivity contribution is 5.82. The van der Waals surface area contributed by atoms with Crippen molar-refractivity contribution in [3.63, 3.8) is 0 Å². The van der Waals surface area contributed by atoms with Crippen LogP contribution < -0.4 is 5.32 Å². The number of ether oxygens (including phenoxy) is 2. The van der Waals surface area contributed by atoms with Crippen LogP contribution in [0.1, 0.15) is 59.1 Å². The normalized spacial score (nSPS) is 21.3. The van der Waals surface area contributed by atoms with E-state index in [4.69, 9.17) is 9.47 Å². The van der Waals surface area contributed by atoms with Gasteiger partial charge in [0.05, 0.1) is 11.7 Å². The van der Waals surface area contributed by atoms with Crippen LogP contribution in [0.2, 0.25) is 0 Å². The van der Waals surface area contributed by atoms with E-state index < -0.39 is 5.60 Å². The minimum absolute atomic E-state index is 0.0530. The number of piperidine rings is 1. The molecule has 7 nitrogen and oxygen atoms in total. The Hall–Kier alpha value is -2.28. The number of carbonyl (C=O) groups excluding carboxylic acids is 1. The Kier molecular flexibility index (Phi) is 5.67. The summed E-state index contributed by atoms with van der Waals surface area (Å²) < 4.78 is 13.4. The third-order valence-electron chi connectivity index (χ3n) is 5.54. The van der Waals surface area contributed by atoms with Crippen molar-refractivity contribution in [1.29, 1.82) is 0 Å². The van der Waals surface area contributed by atoms with Crippen LogP contribution in [-0.4, -0.2) is 52.1 Å². The van der Waals surface area contributed by atoms with E-state index in [0.29, 0.717) is 19.1 Å². The molecule has 2 fully saturated rings. The maximum absolute atomic E-state index is 12.2. The highest BCUT2D eigenvalue weighted by Crippen LogP contribution is 2.28. The van der Waals surface area contributed by atoms with Gasteiger partial charge in [0.15, 0.2) is 6.23 Å². The monoisotopic (exact) mass is 400 g/mol. The van der Waals surface area contributed by atoms with E-state index >= 15 is 0 Å². The first-order valence-electron chi connectivity index (χ1n) is 10.7. The van der Waals surface area contributed by atoms with Gasteiger partial charge < -0.3 is 19.7 Å². The molecule has 2 aliphatic rings. The summed E-state index contributed by atoms with van der Waals surface area (Å²) in [5.41, 5.74) is 1.76. The number of amides is 1. The predicted octanol–water partition coefficient (Wildman–Crippen LogP) is 4.55. The van der Waals surface area contributed by atoms with Gasteiger partial charge in [-0.15, -0.1) is 0 Å². The molecule has 0 radical (unpaired) electrons. The molecule has 2 saturated heterocycles. The summed E-state index contributed by atoms with van der Waals surface area (Å²) >= 11 is 0. The van der Waals surface area contributed by atoms with E-state index in [1.807, 2.05) is 31.6 Å². The maximum Gasteiger partial charge on any atom is 0.410 e. The smallest absolute Gasteiger partial charge is 0.410 e. The Balaban J connectivity index is 1.35. The Morgan fingerprint density at radius 1 is 1.21 bits per heavy atom. The number of likely N-dealkylation sites (tertiary alicyclic amines) is 1. The molecular weight excluding hydrogens is 368 g/mol. The number of hydrogen-bond acceptors (Lipinski definition) is 5. The number of anilines is 1. The fourth-order valence-electron chi connectivity index (χ4n) is 4.06. The molecule has 1 aromatic heterocycles. The van der Waals surface area contributed by atoms with Crippen molar-refractivity contribution < 1.29 is 14.3 Å². The largest absolute Gasteiger partial charge is 0.444 e. The van der Waals surface area contributed by atoms with Crippen LogP contribution in [0, 0.1) is 0 Å². The van der Waals surface area contributed by atoms with Gasteiger partial charge >= 0.3 is 6.09 Å². The Morgan fingerprint density at radius 2 is 2.00 bits per heavy atom. The van der Waals surface area contributed by atoms with Crippen molar-refractivity contribution in [3.05, 3.63) is 24.4 Å². The van der Waals surface area contributed by atoms with E-state index in [1.165, 1.54) is 6.42 Å². The van der Waals surface area contributed by atoms with Crippen molar-refractivity contribution in [3.8, 4) is 0 Å². The van der Waals surface area contributed by atoms with Crippen LogP contribution in [-0.2, 0) is 9.47 Å². The van der Waals surface area contributed by atoms with Gasteiger partial charge in [0.2, 0.25) is 0 Å². The number of hydrogen-bond donors (Lipinski definition) is 1. The van der Waals surface area contributed by atoms with E-state index in [2.05, 4.69) is 28.6 Å². The van der Waals surface area contributed by atoms with Crippen molar-refractivity contribution >= 4 is 22.7 Å². The van der Waals surface area contributed by atoms with Gasteiger partial charge in [-0.05, 0) is 71.1 Å². The van der Waals surface area contributed by atoms with Crippen LogP contribution in [0.25, 0.3) is 10.9 Å². The lowest BCUT2D eigenvalue weighted by molar-refractivity contribution is -0.0366. The Bertz CT molecular complexity index is 843. The van der Waals surface area contributed by atoms with Crippen LogP contribution >= 0.6 is 0 Å². The first kappa shape index (κ1) is 20.0. The molecular formula is C22H32N4O3. The predicted molar refractivity (Wildman–Crippen MR) is 113 cm³/mol. The maximum atomic E-state index is 12.2. The van der Waals surface area contributed by atoms with Gasteiger partial charge in [-0.2, -0.15) is 5.10 Å². The standard InChI is InChI=1S/C22H32N4O3/c1-22(2,3)29-21(27)25-11-9-17(10-12-25)24-18-7-8-19-16(14-18)15-23-26(19)20-6-4-5-13-28-20/h7-8,14-15,17,20,24H,4-6,9-13H2,1-3H3. The summed E-state index contributed by atoms with van der Waals surface area (Å²) in [6.45, 7) is 7.94. The van der Waals surface area contributed by atoms with E-state index in [0.717, 1.165) is 48.9 Å². The van der Waals surface area contributed by atoms with Crippen molar-refractivity contribution in [2.45, 2.75) is 70.7 Å². The number of nitrogens with zero attached hydrogens (tertiary/aromatic N) is 3. The van der Waals surface area contributed by atoms with E-state index in [-0.39, 0.29) is 12.3 Å². The van der Waals surface area contributed by atoms with E-state index in [1.54, 1.807) is 4.90 Å². The van der Waals surface area contributed by atoms with Crippen LogP contribution in [0.3, 0.4) is 0 Å². The lowest BCUT2D eigenvalue weighted by atomic mass is 10.0. The highest BCUT2D eigenvalue weighted by atomic mass is 16.6. The Labute approximate surface area is 172 Å². The second-order valence-electron chi connectivity index (χ2n) is 9.07. The molecule has 0 aliphatic carbocycles. The molecule has 0 spiro atoms. The fraction of sp³-hybridized carbons (Fsp3) is 0.636. The number of nitrogens with one attached hydrogen (secondary N) is 1. The summed E-state index contributed by atoms with van der Waals surface area (Å²) in [4.78, 5) is 14.0. The minimum Gasteiger partial charge on any atom is -0.444 e. The molecule has 7 heteroatoms. The molecule has 1 atom stereocenters. The summed E-state index contributed by atoms with van der Waals surface area (Å²) in [5, 5.41) is 9.31. The average molecular weight is 401 g/mol. The lowest BCUT2D eigenvalue weighted by Crippen LogP contribution is -2.44. The molecule has 2 aromatic rings. The number of benzene rings is 1. The zero-order valence-corrected chi connectivity index (χ0v) is 17.7. The summed E-state index contributed by atoms with van der Waals surface area (Å²) in [5.74, 6) is 0. The number of fused-ring (bicyclic) bond motifs is 1. The molecule has 1 amide bonds. The van der Waals surface area contributed by atoms with Gasteiger partial charge in [0.1, 0.15) is 5.60 Å². The van der Waals surface area contributed by atoms with Crippen molar-refractivity contribution in [2.75, 3.05) is 25.0 Å². The Morgan fingerprint density at radius 3 is 2.69 bits per heavy atom. The zero-order chi connectivity index (χ0) is 20.4. The highest BCUT2D eigenvalue weighted by Gasteiger charge is 2.27. The third kappa shape index (κ3) is 4.83. The second kappa shape index (κ2) is 8.22.